The van der Waals surface area contributed by atoms with E-state index in [2.05, 4.69) is 18.5 Å². The number of ether oxygens (including phenoxy) is 1. The molecule has 0 saturated carbocycles. The third-order valence-corrected chi connectivity index (χ3v) is 2.92. The summed E-state index contributed by atoms with van der Waals surface area (Å²) < 4.78 is 5.52. The van der Waals surface area contributed by atoms with E-state index in [0.29, 0.717) is 19.8 Å². The zero-order valence-corrected chi connectivity index (χ0v) is 10.3. The molecule has 1 aliphatic heterocycles. The lowest BCUT2D eigenvalue weighted by Gasteiger charge is -2.43. The van der Waals surface area contributed by atoms with Crippen molar-refractivity contribution in [2.45, 2.75) is 19.9 Å². The molecule has 1 rings (SSSR count). The monoisotopic (exact) mass is 229 g/mol. The standard InChI is InChI=1S/C11H21N2O3/c1-5-11(14)16-13(4,6-2)12-7-8-15-9-10(12)3/h5,10H,1,6-9H2,2-4H3/q+1. The maximum Gasteiger partial charge on any atom is 0.392 e. The van der Waals surface area contributed by atoms with Crippen molar-refractivity contribution >= 4 is 5.97 Å². The van der Waals surface area contributed by atoms with Crippen LogP contribution in [0.15, 0.2) is 12.7 Å². The molecule has 0 bridgehead atoms. The summed E-state index contributed by atoms with van der Waals surface area (Å²) >= 11 is 0. The Hall–Kier alpha value is -0.910. The molecule has 1 aliphatic rings. The van der Waals surface area contributed by atoms with Gasteiger partial charge in [0.2, 0.25) is 0 Å². The third kappa shape index (κ3) is 2.81. The van der Waals surface area contributed by atoms with Crippen LogP contribution < -0.4 is 0 Å². The van der Waals surface area contributed by atoms with Crippen molar-refractivity contribution in [1.82, 2.24) is 5.01 Å². The van der Waals surface area contributed by atoms with Gasteiger partial charge in [0.05, 0.1) is 25.8 Å². The van der Waals surface area contributed by atoms with Crippen molar-refractivity contribution in [1.29, 1.82) is 0 Å². The Morgan fingerprint density at radius 3 is 2.94 bits per heavy atom. The fourth-order valence-electron chi connectivity index (χ4n) is 1.88. The highest BCUT2D eigenvalue weighted by Crippen LogP contribution is 2.18. The maximum atomic E-state index is 11.3. The topological polar surface area (TPSA) is 38.8 Å². The molecule has 2 unspecified atom stereocenters. The van der Waals surface area contributed by atoms with Gasteiger partial charge in [0.15, 0.2) is 0 Å². The Labute approximate surface area is 96.7 Å². The molecular formula is C11H21N2O3+. The molecule has 0 aromatic carbocycles. The molecule has 1 saturated heterocycles. The third-order valence-electron chi connectivity index (χ3n) is 2.92. The summed E-state index contributed by atoms with van der Waals surface area (Å²) in [4.78, 5) is 16.7. The van der Waals surface area contributed by atoms with Gasteiger partial charge in [-0.3, -0.25) is 4.84 Å². The highest BCUT2D eigenvalue weighted by Gasteiger charge is 2.39. The van der Waals surface area contributed by atoms with Crippen LogP contribution in [0.1, 0.15) is 13.8 Å². The molecule has 92 valence electrons. The van der Waals surface area contributed by atoms with Gasteiger partial charge in [-0.2, -0.15) is 0 Å². The molecule has 5 nitrogen and oxygen atoms in total. The number of carbonyl (C=O) groups is 1. The van der Waals surface area contributed by atoms with Crippen LogP contribution in [0.5, 0.6) is 0 Å². The van der Waals surface area contributed by atoms with Crippen LogP contribution in [-0.2, 0) is 14.4 Å². The molecule has 1 heterocycles. The van der Waals surface area contributed by atoms with Gasteiger partial charge in [-0.15, -0.1) is 5.01 Å². The van der Waals surface area contributed by atoms with Crippen molar-refractivity contribution in [3.63, 3.8) is 0 Å². The fourth-order valence-corrected chi connectivity index (χ4v) is 1.88. The summed E-state index contributed by atoms with van der Waals surface area (Å²) in [6.45, 7) is 10.2. The number of hydrogen-bond acceptors (Lipinski definition) is 4. The summed E-state index contributed by atoms with van der Waals surface area (Å²) in [6, 6.07) is 0.233. The predicted octanol–water partition coefficient (Wildman–Crippen LogP) is 0.733. The van der Waals surface area contributed by atoms with E-state index in [-0.39, 0.29) is 10.8 Å². The van der Waals surface area contributed by atoms with Gasteiger partial charge in [-0.25, -0.2) is 4.79 Å². The summed E-state index contributed by atoms with van der Waals surface area (Å²) in [6.07, 6.45) is 1.19. The van der Waals surface area contributed by atoms with Crippen LogP contribution in [0.4, 0.5) is 0 Å². The molecular weight excluding hydrogens is 208 g/mol. The Morgan fingerprint density at radius 1 is 1.75 bits per heavy atom. The van der Waals surface area contributed by atoms with Crippen molar-refractivity contribution in [2.75, 3.05) is 33.4 Å². The molecule has 2 atom stereocenters. The van der Waals surface area contributed by atoms with E-state index >= 15 is 0 Å². The number of morpholine rings is 1. The molecule has 0 aromatic rings. The summed E-state index contributed by atoms with van der Waals surface area (Å²) in [7, 11) is 1.88. The smallest absolute Gasteiger partial charge is 0.378 e. The number of carbonyl (C=O) groups excluding carboxylic acids is 1. The lowest BCUT2D eigenvalue weighted by atomic mass is 10.3. The molecule has 0 aliphatic carbocycles. The first-order valence-electron chi connectivity index (χ1n) is 5.60. The number of rotatable bonds is 4. The lowest BCUT2D eigenvalue weighted by Crippen LogP contribution is -2.64. The first-order chi connectivity index (χ1) is 7.53. The van der Waals surface area contributed by atoms with E-state index in [0.717, 1.165) is 6.54 Å². The first-order valence-corrected chi connectivity index (χ1v) is 5.60. The molecule has 0 amide bonds. The van der Waals surface area contributed by atoms with Crippen molar-refractivity contribution in [2.24, 2.45) is 0 Å². The average Bonchev–Trinajstić information content (AvgIpc) is 2.29. The summed E-state index contributed by atoms with van der Waals surface area (Å²) in [5, 5.41) is 2.12. The lowest BCUT2D eigenvalue weighted by molar-refractivity contribution is -1.16. The average molecular weight is 229 g/mol. The zero-order chi connectivity index (χ0) is 12.2. The zero-order valence-electron chi connectivity index (χ0n) is 10.3. The van der Waals surface area contributed by atoms with E-state index in [1.54, 1.807) is 0 Å². The number of quaternary nitrogens is 1. The van der Waals surface area contributed by atoms with Crippen LogP contribution in [0.25, 0.3) is 0 Å². The van der Waals surface area contributed by atoms with Gasteiger partial charge in [-0.05, 0) is 13.8 Å². The molecule has 0 N–H and O–H groups in total. The molecule has 0 aromatic heterocycles. The Kier molecular flexibility index (Phi) is 4.46. The molecule has 1 fully saturated rings. The van der Waals surface area contributed by atoms with Crippen LogP contribution >= 0.6 is 0 Å². The fraction of sp³-hybridized carbons (Fsp3) is 0.727. The van der Waals surface area contributed by atoms with E-state index in [9.17, 15) is 4.79 Å². The van der Waals surface area contributed by atoms with Crippen LogP contribution in [0.3, 0.4) is 0 Å². The summed E-state index contributed by atoms with van der Waals surface area (Å²) in [5.41, 5.74) is 0. The Bertz CT molecular complexity index is 270. The highest BCUT2D eigenvalue weighted by molar-refractivity contribution is 5.80. The Balaban J connectivity index is 2.76. The number of hydrogen-bond donors (Lipinski definition) is 0. The normalized spacial score (nSPS) is 25.8. The molecule has 16 heavy (non-hydrogen) atoms. The van der Waals surface area contributed by atoms with Crippen molar-refractivity contribution in [3.05, 3.63) is 12.7 Å². The van der Waals surface area contributed by atoms with Crippen molar-refractivity contribution < 1.29 is 19.1 Å². The van der Waals surface area contributed by atoms with Crippen LogP contribution in [-0.4, -0.2) is 55.1 Å². The van der Waals surface area contributed by atoms with E-state index in [1.165, 1.54) is 6.08 Å². The molecule has 0 spiro atoms. The largest absolute Gasteiger partial charge is 0.392 e. The number of hydroxylamine groups is 2. The second-order valence-electron chi connectivity index (χ2n) is 4.07. The minimum absolute atomic E-state index is 0.148. The van der Waals surface area contributed by atoms with Gasteiger partial charge in [0, 0.05) is 6.08 Å². The van der Waals surface area contributed by atoms with Gasteiger partial charge in [-0.1, -0.05) is 11.3 Å². The highest BCUT2D eigenvalue weighted by atomic mass is 16.8. The van der Waals surface area contributed by atoms with E-state index < -0.39 is 5.97 Å². The number of nitrogens with zero attached hydrogens (tertiary/aromatic N) is 2. The quantitative estimate of drug-likeness (QED) is 0.405. The van der Waals surface area contributed by atoms with Crippen LogP contribution in [0.2, 0.25) is 0 Å². The van der Waals surface area contributed by atoms with E-state index in [1.807, 2.05) is 14.0 Å². The van der Waals surface area contributed by atoms with Gasteiger partial charge in [0.25, 0.3) is 0 Å². The van der Waals surface area contributed by atoms with Gasteiger partial charge >= 0.3 is 5.97 Å². The predicted molar refractivity (Wildman–Crippen MR) is 60.0 cm³/mol. The summed E-state index contributed by atoms with van der Waals surface area (Å²) in [5.74, 6) is -0.400. The Morgan fingerprint density at radius 2 is 2.44 bits per heavy atom. The molecule has 5 heteroatoms. The second-order valence-corrected chi connectivity index (χ2v) is 4.07. The first kappa shape index (κ1) is 13.2. The minimum Gasteiger partial charge on any atom is -0.378 e. The minimum atomic E-state index is -0.400. The molecule has 0 radical (unpaired) electrons. The van der Waals surface area contributed by atoms with E-state index in [4.69, 9.17) is 9.57 Å². The second kappa shape index (κ2) is 5.43. The van der Waals surface area contributed by atoms with Gasteiger partial charge in [0.1, 0.15) is 13.6 Å². The van der Waals surface area contributed by atoms with Gasteiger partial charge < -0.3 is 4.74 Å². The van der Waals surface area contributed by atoms with Crippen molar-refractivity contribution in [3.8, 4) is 0 Å². The maximum absolute atomic E-state index is 11.3. The SMILES string of the molecule is C=CC(=O)O[N+](C)(CC)N1CCOCC1C. The van der Waals surface area contributed by atoms with Crippen LogP contribution in [0, 0.1) is 0 Å².